The Hall–Kier alpha value is -4.11. The van der Waals surface area contributed by atoms with Crippen LogP contribution in [0.15, 0.2) is 109 Å². The Morgan fingerprint density at radius 3 is 1.65 bits per heavy atom. The monoisotopic (exact) mass is 399 g/mol. The minimum Gasteiger partial charge on any atom is -0.208 e. The Labute approximate surface area is 182 Å². The van der Waals surface area contributed by atoms with Crippen molar-refractivity contribution in [3.8, 4) is 45.3 Å². The lowest BCUT2D eigenvalue weighted by atomic mass is 10.0. The van der Waals surface area contributed by atoms with Gasteiger partial charge in [0.25, 0.3) is 0 Å². The lowest BCUT2D eigenvalue weighted by Gasteiger charge is -2.10. The van der Waals surface area contributed by atoms with Gasteiger partial charge in [-0.25, -0.2) is 15.0 Å². The molecule has 0 bridgehead atoms. The van der Waals surface area contributed by atoms with Gasteiger partial charge in [-0.1, -0.05) is 103 Å². The van der Waals surface area contributed by atoms with Crippen LogP contribution in [0.1, 0.15) is 5.56 Å². The van der Waals surface area contributed by atoms with Crippen LogP contribution in [0.5, 0.6) is 0 Å². The van der Waals surface area contributed by atoms with Gasteiger partial charge >= 0.3 is 0 Å². The first-order chi connectivity index (χ1) is 15.3. The highest BCUT2D eigenvalue weighted by Crippen LogP contribution is 2.28. The van der Waals surface area contributed by atoms with E-state index in [9.17, 15) is 0 Å². The summed E-state index contributed by atoms with van der Waals surface area (Å²) < 4.78 is 0. The van der Waals surface area contributed by atoms with E-state index in [1.165, 1.54) is 5.56 Å². The zero-order chi connectivity index (χ0) is 21.0. The summed E-state index contributed by atoms with van der Waals surface area (Å²) in [4.78, 5) is 14.5. The molecule has 0 aliphatic heterocycles. The molecule has 148 valence electrons. The van der Waals surface area contributed by atoms with Crippen molar-refractivity contribution in [3.05, 3.63) is 115 Å². The van der Waals surface area contributed by atoms with Gasteiger partial charge in [0.05, 0.1) is 0 Å². The van der Waals surface area contributed by atoms with Crippen molar-refractivity contribution in [2.24, 2.45) is 0 Å². The van der Waals surface area contributed by atoms with Gasteiger partial charge in [-0.3, -0.25) is 0 Å². The second kappa shape index (κ2) is 8.33. The minimum atomic E-state index is 0.671. The molecule has 0 aliphatic rings. The van der Waals surface area contributed by atoms with Crippen molar-refractivity contribution in [2.45, 2.75) is 6.92 Å². The largest absolute Gasteiger partial charge is 0.208 e. The molecule has 0 atom stereocenters. The van der Waals surface area contributed by atoms with Crippen LogP contribution < -0.4 is 0 Å². The van der Waals surface area contributed by atoms with Gasteiger partial charge in [-0.15, -0.1) is 0 Å². The SMILES string of the molecule is Cc1ccccc1-c1nc(-c2ccccc2)nc(-c2cccc(-c3ccccc3)c2)n1. The van der Waals surface area contributed by atoms with E-state index < -0.39 is 0 Å². The number of rotatable bonds is 4. The Morgan fingerprint density at radius 1 is 0.419 bits per heavy atom. The van der Waals surface area contributed by atoms with Crippen LogP contribution in [-0.4, -0.2) is 15.0 Å². The minimum absolute atomic E-state index is 0.671. The van der Waals surface area contributed by atoms with Gasteiger partial charge in [0.2, 0.25) is 0 Å². The quantitative estimate of drug-likeness (QED) is 0.332. The zero-order valence-electron chi connectivity index (χ0n) is 17.2. The Kier molecular flexibility index (Phi) is 5.07. The van der Waals surface area contributed by atoms with Gasteiger partial charge in [0.1, 0.15) is 0 Å². The van der Waals surface area contributed by atoms with E-state index in [1.807, 2.05) is 48.5 Å². The molecule has 3 nitrogen and oxygen atoms in total. The van der Waals surface area contributed by atoms with Crippen LogP contribution in [-0.2, 0) is 0 Å². The maximum atomic E-state index is 4.87. The van der Waals surface area contributed by atoms with Gasteiger partial charge < -0.3 is 0 Å². The average Bonchev–Trinajstić information content (AvgIpc) is 2.85. The van der Waals surface area contributed by atoms with Crippen molar-refractivity contribution in [1.82, 2.24) is 15.0 Å². The van der Waals surface area contributed by atoms with Crippen molar-refractivity contribution >= 4 is 0 Å². The normalized spacial score (nSPS) is 10.7. The molecule has 0 radical (unpaired) electrons. The number of hydrogen-bond acceptors (Lipinski definition) is 3. The molecule has 5 rings (SSSR count). The molecule has 0 spiro atoms. The summed E-state index contributed by atoms with van der Waals surface area (Å²) in [6.45, 7) is 2.08. The lowest BCUT2D eigenvalue weighted by molar-refractivity contribution is 1.07. The summed E-state index contributed by atoms with van der Waals surface area (Å²) >= 11 is 0. The first-order valence-electron chi connectivity index (χ1n) is 10.3. The Bertz CT molecular complexity index is 1330. The predicted octanol–water partition coefficient (Wildman–Crippen LogP) is 6.85. The molecule has 3 heteroatoms. The predicted molar refractivity (Wildman–Crippen MR) is 126 cm³/mol. The molecule has 5 aromatic rings. The number of benzene rings is 4. The van der Waals surface area contributed by atoms with E-state index in [4.69, 9.17) is 15.0 Å². The number of aromatic nitrogens is 3. The average molecular weight is 399 g/mol. The standard InChI is InChI=1S/C28H21N3/c1-20-11-8-9-18-25(20)28-30-26(22-14-6-3-7-15-22)29-27(31-28)24-17-10-16-23(19-24)21-12-4-2-5-13-21/h2-19H,1H3. The molecular formula is C28H21N3. The second-order valence-electron chi connectivity index (χ2n) is 7.43. The third kappa shape index (κ3) is 3.99. The lowest BCUT2D eigenvalue weighted by Crippen LogP contribution is -2.01. The van der Waals surface area contributed by atoms with Crippen LogP contribution in [0.3, 0.4) is 0 Å². The fraction of sp³-hybridized carbons (Fsp3) is 0.0357. The summed E-state index contributed by atoms with van der Waals surface area (Å²) in [6, 6.07) is 37.0. The summed E-state index contributed by atoms with van der Waals surface area (Å²) in [5, 5.41) is 0. The Morgan fingerprint density at radius 2 is 0.935 bits per heavy atom. The van der Waals surface area contributed by atoms with Crippen molar-refractivity contribution in [2.75, 3.05) is 0 Å². The van der Waals surface area contributed by atoms with Crippen LogP contribution in [0.2, 0.25) is 0 Å². The molecule has 0 saturated carbocycles. The molecule has 0 unspecified atom stereocenters. The highest BCUT2D eigenvalue weighted by molar-refractivity contribution is 5.72. The molecule has 0 fully saturated rings. The molecule has 0 aliphatic carbocycles. The smallest absolute Gasteiger partial charge is 0.164 e. The van der Waals surface area contributed by atoms with E-state index in [0.29, 0.717) is 17.5 Å². The highest BCUT2D eigenvalue weighted by Gasteiger charge is 2.13. The van der Waals surface area contributed by atoms with E-state index in [1.54, 1.807) is 0 Å². The Balaban J connectivity index is 1.69. The van der Waals surface area contributed by atoms with Crippen molar-refractivity contribution in [1.29, 1.82) is 0 Å². The fourth-order valence-corrected chi connectivity index (χ4v) is 3.63. The molecule has 0 N–H and O–H groups in total. The summed E-state index contributed by atoms with van der Waals surface area (Å²) in [6.07, 6.45) is 0. The summed E-state index contributed by atoms with van der Waals surface area (Å²) in [7, 11) is 0. The van der Waals surface area contributed by atoms with Gasteiger partial charge in [0, 0.05) is 16.7 Å². The van der Waals surface area contributed by atoms with Gasteiger partial charge in [-0.2, -0.15) is 0 Å². The zero-order valence-corrected chi connectivity index (χ0v) is 17.2. The fourth-order valence-electron chi connectivity index (χ4n) is 3.63. The molecule has 1 aromatic heterocycles. The third-order valence-corrected chi connectivity index (χ3v) is 5.28. The molecule has 1 heterocycles. The number of hydrogen-bond donors (Lipinski definition) is 0. The topological polar surface area (TPSA) is 38.7 Å². The van der Waals surface area contributed by atoms with Gasteiger partial charge in [-0.05, 0) is 29.7 Å². The van der Waals surface area contributed by atoms with E-state index in [-0.39, 0.29) is 0 Å². The molecular weight excluding hydrogens is 378 g/mol. The number of aryl methyl sites for hydroxylation is 1. The van der Waals surface area contributed by atoms with Gasteiger partial charge in [0.15, 0.2) is 17.5 Å². The first kappa shape index (κ1) is 18.9. The molecule has 31 heavy (non-hydrogen) atoms. The van der Waals surface area contributed by atoms with Crippen molar-refractivity contribution < 1.29 is 0 Å². The van der Waals surface area contributed by atoms with Crippen LogP contribution in [0, 0.1) is 6.92 Å². The summed E-state index contributed by atoms with van der Waals surface area (Å²) in [5.74, 6) is 2.03. The number of nitrogens with zero attached hydrogens (tertiary/aromatic N) is 3. The van der Waals surface area contributed by atoms with E-state index in [2.05, 4.69) is 67.6 Å². The van der Waals surface area contributed by atoms with Crippen molar-refractivity contribution in [3.63, 3.8) is 0 Å². The molecule has 0 amide bonds. The van der Waals surface area contributed by atoms with Crippen LogP contribution >= 0.6 is 0 Å². The van der Waals surface area contributed by atoms with Crippen LogP contribution in [0.4, 0.5) is 0 Å². The maximum Gasteiger partial charge on any atom is 0.164 e. The van der Waals surface area contributed by atoms with E-state index in [0.717, 1.165) is 27.8 Å². The second-order valence-corrected chi connectivity index (χ2v) is 7.43. The third-order valence-electron chi connectivity index (χ3n) is 5.28. The molecule has 0 saturated heterocycles. The highest BCUT2D eigenvalue weighted by atomic mass is 15.0. The first-order valence-corrected chi connectivity index (χ1v) is 10.3. The van der Waals surface area contributed by atoms with E-state index >= 15 is 0 Å². The summed E-state index contributed by atoms with van der Waals surface area (Å²) in [5.41, 5.74) is 6.40. The van der Waals surface area contributed by atoms with Crippen LogP contribution in [0.25, 0.3) is 45.3 Å². The molecule has 4 aromatic carbocycles. The maximum absolute atomic E-state index is 4.87.